The number of nitrogens with one attached hydrogen (secondary N) is 3. The van der Waals surface area contributed by atoms with Gasteiger partial charge in [-0.3, -0.25) is 9.59 Å². The minimum atomic E-state index is -0.844. The predicted molar refractivity (Wildman–Crippen MR) is 144 cm³/mol. The molecule has 0 aliphatic heterocycles. The van der Waals surface area contributed by atoms with Crippen LogP contribution < -0.4 is 16.0 Å². The number of carbonyl (C=O) groups is 3. The van der Waals surface area contributed by atoms with Gasteiger partial charge in [0, 0.05) is 19.5 Å². The molecule has 1 atom stereocenters. The van der Waals surface area contributed by atoms with Crippen LogP contribution >= 0.6 is 0 Å². The molecule has 0 aliphatic rings. The Bertz CT molecular complexity index is 739. The zero-order valence-electron chi connectivity index (χ0n) is 22.7. The van der Waals surface area contributed by atoms with Crippen LogP contribution in [0.3, 0.4) is 0 Å². The number of carbonyl (C=O) groups excluding carboxylic acids is 3. The number of hydrogen-bond donors (Lipinski definition) is 3. The highest BCUT2D eigenvalue weighted by Crippen LogP contribution is 2.03. The first-order valence-electron chi connectivity index (χ1n) is 13.4. The number of alkyl carbamates (subject to hydrolysis) is 1. The van der Waals surface area contributed by atoms with Crippen LogP contribution in [0.1, 0.15) is 58.9 Å². The highest BCUT2D eigenvalue weighted by atomic mass is 16.5. The monoisotopic (exact) mass is 505 g/mol. The Hall–Kier alpha value is -2.65. The molecule has 3 N–H and O–H groups in total. The van der Waals surface area contributed by atoms with E-state index in [1.54, 1.807) is 0 Å². The maximum absolute atomic E-state index is 12.8. The Morgan fingerprint density at radius 3 is 1.94 bits per heavy atom. The average molecular weight is 506 g/mol. The fourth-order valence-corrected chi connectivity index (χ4v) is 3.79. The number of rotatable bonds is 19. The lowest BCUT2D eigenvalue weighted by molar-refractivity contribution is -0.124. The van der Waals surface area contributed by atoms with Crippen molar-refractivity contribution in [2.45, 2.75) is 66.0 Å². The Kier molecular flexibility index (Phi) is 17.0. The van der Waals surface area contributed by atoms with Crippen molar-refractivity contribution >= 4 is 17.9 Å². The van der Waals surface area contributed by atoms with Crippen molar-refractivity contribution in [2.24, 2.45) is 0 Å². The standard InChI is InChI=1S/C27H47N5O4/c1-5-31(6-2)20-12-18-28-25(33)17-16-24(26(34)29-19-13-21-32(7-3)8-4)30-27(35)36-22-23-14-10-9-11-15-23/h9-11,14-15,24H,5-8,12-13,16-22H2,1-4H3,(H,28,33)(H,29,34)(H,30,35). The van der Waals surface area contributed by atoms with Gasteiger partial charge in [0.15, 0.2) is 0 Å². The molecule has 1 aromatic rings. The molecule has 0 heterocycles. The minimum absolute atomic E-state index is 0.109. The molecule has 0 bridgehead atoms. The molecule has 0 saturated carbocycles. The van der Waals surface area contributed by atoms with Gasteiger partial charge < -0.3 is 30.5 Å². The number of hydrogen-bond acceptors (Lipinski definition) is 6. The molecule has 0 spiro atoms. The zero-order chi connectivity index (χ0) is 26.6. The van der Waals surface area contributed by atoms with Gasteiger partial charge in [-0.1, -0.05) is 58.0 Å². The van der Waals surface area contributed by atoms with Crippen LogP contribution in [0.5, 0.6) is 0 Å². The van der Waals surface area contributed by atoms with Crippen LogP contribution in [-0.2, 0) is 20.9 Å². The van der Waals surface area contributed by atoms with Gasteiger partial charge in [-0.25, -0.2) is 4.79 Å². The second-order valence-electron chi connectivity index (χ2n) is 8.70. The minimum Gasteiger partial charge on any atom is -0.445 e. The van der Waals surface area contributed by atoms with Crippen molar-refractivity contribution in [1.29, 1.82) is 0 Å². The molecule has 0 saturated heterocycles. The Morgan fingerprint density at radius 1 is 0.833 bits per heavy atom. The molecule has 0 fully saturated rings. The topological polar surface area (TPSA) is 103 Å². The van der Waals surface area contributed by atoms with E-state index in [1.807, 2.05) is 30.3 Å². The van der Waals surface area contributed by atoms with Crippen molar-refractivity contribution in [2.75, 3.05) is 52.4 Å². The zero-order valence-corrected chi connectivity index (χ0v) is 22.7. The molecule has 3 amide bonds. The van der Waals surface area contributed by atoms with Crippen LogP contribution in [0.25, 0.3) is 0 Å². The summed E-state index contributed by atoms with van der Waals surface area (Å²) in [7, 11) is 0. The molecule has 1 unspecified atom stereocenters. The van der Waals surface area contributed by atoms with E-state index in [2.05, 4.69) is 53.4 Å². The maximum Gasteiger partial charge on any atom is 0.408 e. The molecule has 9 heteroatoms. The molecule has 0 radical (unpaired) electrons. The van der Waals surface area contributed by atoms with Gasteiger partial charge in [0.2, 0.25) is 11.8 Å². The van der Waals surface area contributed by atoms with Crippen molar-refractivity contribution in [1.82, 2.24) is 25.8 Å². The van der Waals surface area contributed by atoms with Crippen LogP contribution in [0.2, 0.25) is 0 Å². The predicted octanol–water partition coefficient (Wildman–Crippen LogP) is 2.76. The number of ether oxygens (including phenoxy) is 1. The van der Waals surface area contributed by atoms with Crippen LogP contribution in [0, 0.1) is 0 Å². The fraction of sp³-hybridized carbons (Fsp3) is 0.667. The molecule has 9 nitrogen and oxygen atoms in total. The van der Waals surface area contributed by atoms with Gasteiger partial charge >= 0.3 is 6.09 Å². The third kappa shape index (κ3) is 14.0. The summed E-state index contributed by atoms with van der Waals surface area (Å²) >= 11 is 0. The molecule has 0 aromatic heterocycles. The van der Waals surface area contributed by atoms with Crippen molar-refractivity contribution in [3.05, 3.63) is 35.9 Å². The number of amides is 3. The van der Waals surface area contributed by atoms with E-state index in [0.717, 1.165) is 57.7 Å². The van der Waals surface area contributed by atoms with Crippen molar-refractivity contribution in [3.8, 4) is 0 Å². The summed E-state index contributed by atoms with van der Waals surface area (Å²) in [5.74, 6) is -0.436. The number of nitrogens with zero attached hydrogens (tertiary/aromatic N) is 2. The summed E-state index contributed by atoms with van der Waals surface area (Å²) in [6, 6.07) is 8.50. The molecular weight excluding hydrogens is 458 g/mol. The maximum atomic E-state index is 12.8. The third-order valence-electron chi connectivity index (χ3n) is 6.19. The second kappa shape index (κ2) is 19.5. The Morgan fingerprint density at radius 2 is 1.39 bits per heavy atom. The Labute approximate surface area is 217 Å². The van der Waals surface area contributed by atoms with E-state index in [1.165, 1.54) is 0 Å². The van der Waals surface area contributed by atoms with Crippen molar-refractivity contribution < 1.29 is 19.1 Å². The van der Waals surface area contributed by atoms with Gasteiger partial charge in [-0.15, -0.1) is 0 Å². The van der Waals surface area contributed by atoms with Gasteiger partial charge in [0.1, 0.15) is 12.6 Å². The Balaban J connectivity index is 2.54. The molecule has 36 heavy (non-hydrogen) atoms. The van der Waals surface area contributed by atoms with Crippen LogP contribution in [0.15, 0.2) is 30.3 Å². The van der Waals surface area contributed by atoms with Crippen LogP contribution in [0.4, 0.5) is 4.79 Å². The molecular formula is C27H47N5O4. The van der Waals surface area contributed by atoms with Gasteiger partial charge in [-0.05, 0) is 64.1 Å². The number of benzene rings is 1. The largest absolute Gasteiger partial charge is 0.445 e. The molecule has 1 rings (SSSR count). The summed E-state index contributed by atoms with van der Waals surface area (Å²) in [4.78, 5) is 42.1. The smallest absolute Gasteiger partial charge is 0.408 e. The van der Waals surface area contributed by atoms with E-state index in [0.29, 0.717) is 13.1 Å². The normalized spacial score (nSPS) is 11.8. The lowest BCUT2D eigenvalue weighted by atomic mass is 10.1. The first kappa shape index (κ1) is 31.4. The molecule has 0 aliphatic carbocycles. The lowest BCUT2D eigenvalue weighted by Crippen LogP contribution is -2.48. The highest BCUT2D eigenvalue weighted by Gasteiger charge is 2.22. The van der Waals surface area contributed by atoms with E-state index in [-0.39, 0.29) is 31.3 Å². The lowest BCUT2D eigenvalue weighted by Gasteiger charge is -2.20. The second-order valence-corrected chi connectivity index (χ2v) is 8.70. The van der Waals surface area contributed by atoms with Gasteiger partial charge in [0.25, 0.3) is 0 Å². The van der Waals surface area contributed by atoms with E-state index in [9.17, 15) is 14.4 Å². The highest BCUT2D eigenvalue weighted by molar-refractivity contribution is 5.86. The first-order chi connectivity index (χ1) is 17.4. The van der Waals surface area contributed by atoms with Gasteiger partial charge in [-0.2, -0.15) is 0 Å². The third-order valence-corrected chi connectivity index (χ3v) is 6.19. The first-order valence-corrected chi connectivity index (χ1v) is 13.4. The summed E-state index contributed by atoms with van der Waals surface area (Å²) in [5, 5.41) is 8.45. The fourth-order valence-electron chi connectivity index (χ4n) is 3.79. The summed E-state index contributed by atoms with van der Waals surface area (Å²) in [6.07, 6.45) is 1.34. The SMILES string of the molecule is CCN(CC)CCCNC(=O)CCC(NC(=O)OCc1ccccc1)C(=O)NCCCN(CC)CC. The van der Waals surface area contributed by atoms with E-state index < -0.39 is 12.1 Å². The molecule has 204 valence electrons. The van der Waals surface area contributed by atoms with E-state index in [4.69, 9.17) is 4.74 Å². The van der Waals surface area contributed by atoms with Crippen molar-refractivity contribution in [3.63, 3.8) is 0 Å². The quantitative estimate of drug-likeness (QED) is 0.250. The average Bonchev–Trinajstić information content (AvgIpc) is 2.90. The van der Waals surface area contributed by atoms with E-state index >= 15 is 0 Å². The summed E-state index contributed by atoms with van der Waals surface area (Å²) in [5.41, 5.74) is 0.856. The summed E-state index contributed by atoms with van der Waals surface area (Å²) < 4.78 is 5.28. The summed E-state index contributed by atoms with van der Waals surface area (Å²) in [6.45, 7) is 15.4. The van der Waals surface area contributed by atoms with Crippen LogP contribution in [-0.4, -0.2) is 86.1 Å². The van der Waals surface area contributed by atoms with Gasteiger partial charge in [0.05, 0.1) is 0 Å². The molecule has 1 aromatic carbocycles.